The number of carbonyl (C=O) groups excluding carboxylic acids is 1. The van der Waals surface area contributed by atoms with Crippen LogP contribution < -0.4 is 5.32 Å². The van der Waals surface area contributed by atoms with Crippen LogP contribution in [0.2, 0.25) is 0 Å². The molecule has 0 spiro atoms. The van der Waals surface area contributed by atoms with E-state index >= 15 is 0 Å². The molecule has 0 unspecified atom stereocenters. The van der Waals surface area contributed by atoms with Crippen LogP contribution in [0.1, 0.15) is 32.1 Å². The molecule has 0 aliphatic rings. The fraction of sp³-hybridized carbons (Fsp3) is 0.533. The van der Waals surface area contributed by atoms with Gasteiger partial charge in [0.05, 0.1) is 0 Å². The van der Waals surface area contributed by atoms with Crippen LogP contribution in [-0.2, 0) is 4.79 Å². The highest BCUT2D eigenvalue weighted by atomic mass is 32.2. The number of thioether (sulfide) groups is 1. The first-order valence-electron chi connectivity index (χ1n) is 6.88. The Morgan fingerprint density at radius 3 is 2.63 bits per heavy atom. The van der Waals surface area contributed by atoms with Gasteiger partial charge >= 0.3 is 0 Å². The number of aliphatic hydroxyl groups is 1. The highest BCUT2D eigenvalue weighted by molar-refractivity contribution is 7.99. The maximum Gasteiger partial charge on any atom is 0.220 e. The number of amides is 1. The summed E-state index contributed by atoms with van der Waals surface area (Å²) in [6.45, 7) is 0.968. The van der Waals surface area contributed by atoms with Crippen molar-refractivity contribution >= 4 is 17.7 Å². The summed E-state index contributed by atoms with van der Waals surface area (Å²) in [5, 5.41) is 11.5. The number of hydrogen-bond acceptors (Lipinski definition) is 3. The van der Waals surface area contributed by atoms with Crippen molar-refractivity contribution in [2.75, 3.05) is 18.9 Å². The topological polar surface area (TPSA) is 49.3 Å². The third kappa shape index (κ3) is 8.67. The molecular formula is C15H23NO2S. The first-order chi connectivity index (χ1) is 9.33. The molecule has 1 rings (SSSR count). The average molecular weight is 281 g/mol. The molecule has 0 heterocycles. The van der Waals surface area contributed by atoms with Gasteiger partial charge in [-0.15, -0.1) is 11.8 Å². The minimum Gasteiger partial charge on any atom is -0.396 e. The lowest BCUT2D eigenvalue weighted by Crippen LogP contribution is -2.24. The van der Waals surface area contributed by atoms with Crippen molar-refractivity contribution in [2.45, 2.75) is 37.0 Å². The van der Waals surface area contributed by atoms with E-state index in [4.69, 9.17) is 5.11 Å². The Kier molecular flexibility index (Phi) is 9.19. The summed E-state index contributed by atoms with van der Waals surface area (Å²) in [5.74, 6) is 1.11. The molecule has 4 heteroatoms. The van der Waals surface area contributed by atoms with Gasteiger partial charge in [-0.2, -0.15) is 0 Å². The second-order valence-corrected chi connectivity index (χ2v) is 5.57. The summed E-state index contributed by atoms with van der Waals surface area (Å²) in [4.78, 5) is 12.8. The van der Waals surface area contributed by atoms with Gasteiger partial charge in [-0.3, -0.25) is 4.79 Å². The van der Waals surface area contributed by atoms with E-state index in [1.54, 1.807) is 11.8 Å². The predicted molar refractivity (Wildman–Crippen MR) is 80.3 cm³/mol. The Morgan fingerprint density at radius 1 is 1.11 bits per heavy atom. The molecule has 0 atom stereocenters. The molecule has 0 saturated carbocycles. The van der Waals surface area contributed by atoms with Gasteiger partial charge < -0.3 is 10.4 Å². The lowest BCUT2D eigenvalue weighted by molar-refractivity contribution is -0.121. The number of unbranched alkanes of at least 4 members (excludes halogenated alkanes) is 2. The summed E-state index contributed by atoms with van der Waals surface area (Å²) >= 11 is 1.79. The van der Waals surface area contributed by atoms with Crippen molar-refractivity contribution in [3.05, 3.63) is 30.3 Å². The quantitative estimate of drug-likeness (QED) is 0.512. The molecule has 0 aromatic heterocycles. The Hall–Kier alpha value is -1.00. The van der Waals surface area contributed by atoms with Crippen molar-refractivity contribution in [1.82, 2.24) is 5.32 Å². The smallest absolute Gasteiger partial charge is 0.220 e. The molecule has 1 amide bonds. The molecule has 106 valence electrons. The molecule has 0 aliphatic heterocycles. The normalized spacial score (nSPS) is 10.4. The maximum absolute atomic E-state index is 11.5. The van der Waals surface area contributed by atoms with Gasteiger partial charge in [0.25, 0.3) is 0 Å². The number of aliphatic hydroxyl groups excluding tert-OH is 1. The zero-order valence-corrected chi connectivity index (χ0v) is 12.1. The monoisotopic (exact) mass is 281 g/mol. The third-order valence-corrected chi connectivity index (χ3v) is 3.82. The predicted octanol–water partition coefficient (Wildman–Crippen LogP) is 2.84. The van der Waals surface area contributed by atoms with E-state index in [0.29, 0.717) is 6.42 Å². The number of benzene rings is 1. The second-order valence-electron chi connectivity index (χ2n) is 4.40. The zero-order valence-electron chi connectivity index (χ0n) is 11.3. The zero-order chi connectivity index (χ0) is 13.8. The summed E-state index contributed by atoms with van der Waals surface area (Å²) in [6.07, 6.45) is 4.25. The van der Waals surface area contributed by atoms with Crippen molar-refractivity contribution in [1.29, 1.82) is 0 Å². The van der Waals surface area contributed by atoms with Gasteiger partial charge in [-0.1, -0.05) is 18.2 Å². The van der Waals surface area contributed by atoms with E-state index in [0.717, 1.165) is 38.0 Å². The van der Waals surface area contributed by atoms with Gasteiger partial charge in [-0.25, -0.2) is 0 Å². The second kappa shape index (κ2) is 10.9. The van der Waals surface area contributed by atoms with Crippen molar-refractivity contribution < 1.29 is 9.90 Å². The van der Waals surface area contributed by atoms with Crippen molar-refractivity contribution in [3.8, 4) is 0 Å². The van der Waals surface area contributed by atoms with Crippen LogP contribution in [0.3, 0.4) is 0 Å². The molecular weight excluding hydrogens is 258 g/mol. The Labute approximate surface area is 119 Å². The van der Waals surface area contributed by atoms with Gasteiger partial charge in [0.2, 0.25) is 5.91 Å². The van der Waals surface area contributed by atoms with Gasteiger partial charge in [0, 0.05) is 24.5 Å². The minimum atomic E-state index is 0.137. The van der Waals surface area contributed by atoms with E-state index in [1.807, 2.05) is 18.2 Å². The molecule has 0 radical (unpaired) electrons. The summed E-state index contributed by atoms with van der Waals surface area (Å²) in [5.41, 5.74) is 0. The molecule has 0 bridgehead atoms. The first kappa shape index (κ1) is 16.1. The van der Waals surface area contributed by atoms with Crippen LogP contribution in [0, 0.1) is 0 Å². The lowest BCUT2D eigenvalue weighted by atomic mass is 10.2. The van der Waals surface area contributed by atoms with E-state index in [9.17, 15) is 4.79 Å². The van der Waals surface area contributed by atoms with Crippen LogP contribution >= 0.6 is 11.8 Å². The maximum atomic E-state index is 11.5. The van der Waals surface area contributed by atoms with Gasteiger partial charge in [0.15, 0.2) is 0 Å². The van der Waals surface area contributed by atoms with E-state index in [-0.39, 0.29) is 12.5 Å². The van der Waals surface area contributed by atoms with Crippen LogP contribution in [0.5, 0.6) is 0 Å². The average Bonchev–Trinajstić information content (AvgIpc) is 2.44. The SMILES string of the molecule is O=C(CCCSc1ccccc1)NCCCCCO. The highest BCUT2D eigenvalue weighted by Crippen LogP contribution is 2.18. The summed E-state index contributed by atoms with van der Waals surface area (Å²) < 4.78 is 0. The Balaban J connectivity index is 1.95. The molecule has 2 N–H and O–H groups in total. The Bertz CT molecular complexity index is 343. The van der Waals surface area contributed by atoms with Gasteiger partial charge in [-0.05, 0) is 43.6 Å². The number of nitrogens with one attached hydrogen (secondary N) is 1. The molecule has 1 aromatic carbocycles. The number of hydrogen-bond donors (Lipinski definition) is 2. The number of carbonyl (C=O) groups is 1. The van der Waals surface area contributed by atoms with Gasteiger partial charge in [0.1, 0.15) is 0 Å². The fourth-order valence-corrected chi connectivity index (χ4v) is 2.54. The van der Waals surface area contributed by atoms with E-state index in [2.05, 4.69) is 17.4 Å². The van der Waals surface area contributed by atoms with Crippen LogP contribution in [0.15, 0.2) is 35.2 Å². The third-order valence-electron chi connectivity index (χ3n) is 2.72. The van der Waals surface area contributed by atoms with E-state index in [1.165, 1.54) is 4.90 Å². The standard InChI is InChI=1S/C15H23NO2S/c17-12-6-2-5-11-16-15(18)10-7-13-19-14-8-3-1-4-9-14/h1,3-4,8-9,17H,2,5-7,10-13H2,(H,16,18). The molecule has 19 heavy (non-hydrogen) atoms. The van der Waals surface area contributed by atoms with E-state index < -0.39 is 0 Å². The lowest BCUT2D eigenvalue weighted by Gasteiger charge is -2.05. The molecule has 0 saturated heterocycles. The van der Waals surface area contributed by atoms with Crippen LogP contribution in [0.25, 0.3) is 0 Å². The van der Waals surface area contributed by atoms with Crippen LogP contribution in [0.4, 0.5) is 0 Å². The van der Waals surface area contributed by atoms with Crippen molar-refractivity contribution in [2.24, 2.45) is 0 Å². The largest absolute Gasteiger partial charge is 0.396 e. The molecule has 3 nitrogen and oxygen atoms in total. The van der Waals surface area contributed by atoms with Crippen molar-refractivity contribution in [3.63, 3.8) is 0 Å². The molecule has 1 aromatic rings. The highest BCUT2D eigenvalue weighted by Gasteiger charge is 2.00. The van der Waals surface area contributed by atoms with Crippen LogP contribution in [-0.4, -0.2) is 29.9 Å². The Morgan fingerprint density at radius 2 is 1.89 bits per heavy atom. The number of rotatable bonds is 10. The summed E-state index contributed by atoms with van der Waals surface area (Å²) in [6, 6.07) is 10.2. The molecule has 0 fully saturated rings. The first-order valence-corrected chi connectivity index (χ1v) is 7.87. The fourth-order valence-electron chi connectivity index (χ4n) is 1.67. The molecule has 0 aliphatic carbocycles. The minimum absolute atomic E-state index is 0.137. The summed E-state index contributed by atoms with van der Waals surface area (Å²) in [7, 11) is 0.